The molecule has 0 amide bonds. The summed E-state index contributed by atoms with van der Waals surface area (Å²) in [5.41, 5.74) is 4.04. The molecule has 0 saturated carbocycles. The number of hydrogen-bond acceptors (Lipinski definition) is 4. The quantitative estimate of drug-likeness (QED) is 0.501. The first kappa shape index (κ1) is 15.1. The number of fused-ring (bicyclic) bond motifs is 1. The number of hydrogen-bond donors (Lipinski definition) is 1. The van der Waals surface area contributed by atoms with Crippen molar-refractivity contribution < 1.29 is 0 Å². The fraction of sp³-hybridized carbons (Fsp3) is 0.0556. The standard InChI is InChI=1S/C18H14IN5/c19-15-3-1-2-13(10-15)11-21-17-4-5-18-22-12-16(24(18)23-17)14-6-8-20-9-7-14/h1-10,12H,11H2,(H,21,23). The van der Waals surface area contributed by atoms with E-state index in [2.05, 4.69) is 67.2 Å². The molecule has 0 unspecified atom stereocenters. The van der Waals surface area contributed by atoms with Crippen LogP contribution in [0.3, 0.4) is 0 Å². The molecular formula is C18H14IN5. The molecule has 1 N–H and O–H groups in total. The number of nitrogens with zero attached hydrogens (tertiary/aromatic N) is 4. The van der Waals surface area contributed by atoms with Gasteiger partial charge in [-0.25, -0.2) is 9.50 Å². The summed E-state index contributed by atoms with van der Waals surface area (Å²) in [7, 11) is 0. The van der Waals surface area contributed by atoms with Gasteiger partial charge in [-0.05, 0) is 64.6 Å². The maximum Gasteiger partial charge on any atom is 0.154 e. The number of nitrogens with one attached hydrogen (secondary N) is 1. The van der Waals surface area contributed by atoms with Gasteiger partial charge in [0, 0.05) is 28.1 Å². The van der Waals surface area contributed by atoms with Crippen LogP contribution >= 0.6 is 22.6 Å². The van der Waals surface area contributed by atoms with E-state index in [1.54, 1.807) is 12.4 Å². The zero-order valence-electron chi connectivity index (χ0n) is 12.7. The van der Waals surface area contributed by atoms with E-state index >= 15 is 0 Å². The average Bonchev–Trinajstić information content (AvgIpc) is 3.04. The molecule has 118 valence electrons. The van der Waals surface area contributed by atoms with E-state index in [0.717, 1.165) is 29.3 Å². The first-order valence-electron chi connectivity index (χ1n) is 7.53. The Bertz CT molecular complexity index is 981. The third-order valence-corrected chi connectivity index (χ3v) is 4.37. The van der Waals surface area contributed by atoms with E-state index < -0.39 is 0 Å². The first-order chi connectivity index (χ1) is 11.8. The molecule has 0 spiro atoms. The largest absolute Gasteiger partial charge is 0.365 e. The van der Waals surface area contributed by atoms with Crippen molar-refractivity contribution in [2.24, 2.45) is 0 Å². The second-order valence-corrected chi connectivity index (χ2v) is 6.60. The molecule has 0 radical (unpaired) electrons. The van der Waals surface area contributed by atoms with Gasteiger partial charge in [0.05, 0.1) is 11.9 Å². The van der Waals surface area contributed by atoms with E-state index in [4.69, 9.17) is 0 Å². The number of aromatic nitrogens is 4. The van der Waals surface area contributed by atoms with Crippen molar-refractivity contribution in [2.45, 2.75) is 6.54 Å². The minimum Gasteiger partial charge on any atom is -0.365 e. The third kappa shape index (κ3) is 3.09. The summed E-state index contributed by atoms with van der Waals surface area (Å²) < 4.78 is 3.08. The van der Waals surface area contributed by atoms with Gasteiger partial charge in [0.1, 0.15) is 5.82 Å². The fourth-order valence-electron chi connectivity index (χ4n) is 2.53. The summed E-state index contributed by atoms with van der Waals surface area (Å²) in [5, 5.41) is 8.04. The van der Waals surface area contributed by atoms with Crippen LogP contribution in [0.1, 0.15) is 5.56 Å². The highest BCUT2D eigenvalue weighted by molar-refractivity contribution is 14.1. The second kappa shape index (κ2) is 6.56. The van der Waals surface area contributed by atoms with Gasteiger partial charge < -0.3 is 5.32 Å². The molecule has 6 heteroatoms. The normalized spacial score (nSPS) is 10.9. The number of halogens is 1. The third-order valence-electron chi connectivity index (χ3n) is 3.70. The van der Waals surface area contributed by atoms with Gasteiger partial charge >= 0.3 is 0 Å². The maximum absolute atomic E-state index is 4.67. The van der Waals surface area contributed by atoms with Crippen LogP contribution in [0.15, 0.2) is 67.1 Å². The molecule has 0 atom stereocenters. The lowest BCUT2D eigenvalue weighted by Gasteiger charge is -2.07. The van der Waals surface area contributed by atoms with Gasteiger partial charge in [-0.15, -0.1) is 5.10 Å². The van der Waals surface area contributed by atoms with E-state index in [1.165, 1.54) is 9.13 Å². The van der Waals surface area contributed by atoms with Crippen LogP contribution in [-0.2, 0) is 6.54 Å². The Hall–Kier alpha value is -2.48. The van der Waals surface area contributed by atoms with E-state index in [0.29, 0.717) is 0 Å². The van der Waals surface area contributed by atoms with Crippen LogP contribution in [0, 0.1) is 3.57 Å². The van der Waals surface area contributed by atoms with E-state index in [-0.39, 0.29) is 0 Å². The predicted molar refractivity (Wildman–Crippen MR) is 103 cm³/mol. The molecule has 4 aromatic rings. The molecule has 0 saturated heterocycles. The van der Waals surface area contributed by atoms with Gasteiger partial charge in [0.15, 0.2) is 5.65 Å². The first-order valence-corrected chi connectivity index (χ1v) is 8.61. The highest BCUT2D eigenvalue weighted by Gasteiger charge is 2.07. The van der Waals surface area contributed by atoms with Crippen LogP contribution < -0.4 is 5.32 Å². The minimum absolute atomic E-state index is 0.731. The topological polar surface area (TPSA) is 55.1 Å². The second-order valence-electron chi connectivity index (χ2n) is 5.35. The molecule has 5 nitrogen and oxygen atoms in total. The lowest BCUT2D eigenvalue weighted by Crippen LogP contribution is -2.04. The summed E-state index contributed by atoms with van der Waals surface area (Å²) in [6.07, 6.45) is 5.38. The number of anilines is 1. The van der Waals surface area contributed by atoms with Crippen LogP contribution in [0.5, 0.6) is 0 Å². The lowest BCUT2D eigenvalue weighted by atomic mass is 10.2. The molecule has 3 heterocycles. The predicted octanol–water partition coefficient (Wildman–Crippen LogP) is 4.01. The number of imidazole rings is 1. The van der Waals surface area contributed by atoms with Crippen molar-refractivity contribution in [2.75, 3.05) is 5.32 Å². The number of pyridine rings is 1. The SMILES string of the molecule is Ic1cccc(CNc2ccc3ncc(-c4ccncc4)n3n2)c1. The molecular weight excluding hydrogens is 413 g/mol. The van der Waals surface area contributed by atoms with Crippen molar-refractivity contribution in [1.82, 2.24) is 19.6 Å². The Morgan fingerprint density at radius 1 is 1.04 bits per heavy atom. The zero-order valence-corrected chi connectivity index (χ0v) is 14.9. The van der Waals surface area contributed by atoms with Crippen LogP contribution in [0.2, 0.25) is 0 Å². The van der Waals surface area contributed by atoms with Gasteiger partial charge in [-0.1, -0.05) is 12.1 Å². The Kier molecular flexibility index (Phi) is 4.12. The summed E-state index contributed by atoms with van der Waals surface area (Å²) in [5.74, 6) is 0.815. The molecule has 0 aliphatic rings. The zero-order chi connectivity index (χ0) is 16.4. The van der Waals surface area contributed by atoms with E-state index in [1.807, 2.05) is 35.0 Å². The smallest absolute Gasteiger partial charge is 0.154 e. The lowest BCUT2D eigenvalue weighted by molar-refractivity contribution is 0.931. The summed E-state index contributed by atoms with van der Waals surface area (Å²) in [6.45, 7) is 0.731. The highest BCUT2D eigenvalue weighted by atomic mass is 127. The summed E-state index contributed by atoms with van der Waals surface area (Å²) >= 11 is 2.32. The van der Waals surface area contributed by atoms with Crippen LogP contribution in [0.4, 0.5) is 5.82 Å². The Morgan fingerprint density at radius 3 is 2.75 bits per heavy atom. The van der Waals surface area contributed by atoms with Crippen molar-refractivity contribution >= 4 is 34.1 Å². The van der Waals surface area contributed by atoms with Crippen molar-refractivity contribution in [3.8, 4) is 11.3 Å². The Balaban J connectivity index is 1.63. The molecule has 4 rings (SSSR count). The van der Waals surface area contributed by atoms with Gasteiger partial charge in [0.2, 0.25) is 0 Å². The van der Waals surface area contributed by atoms with Crippen molar-refractivity contribution in [3.05, 3.63) is 76.3 Å². The van der Waals surface area contributed by atoms with Crippen molar-refractivity contribution in [3.63, 3.8) is 0 Å². The molecule has 3 aromatic heterocycles. The minimum atomic E-state index is 0.731. The molecule has 1 aromatic carbocycles. The molecule has 0 aliphatic heterocycles. The number of benzene rings is 1. The highest BCUT2D eigenvalue weighted by Crippen LogP contribution is 2.20. The monoisotopic (exact) mass is 427 g/mol. The summed E-state index contributed by atoms with van der Waals surface area (Å²) in [4.78, 5) is 8.48. The summed E-state index contributed by atoms with van der Waals surface area (Å²) in [6, 6.07) is 16.2. The fourth-order valence-corrected chi connectivity index (χ4v) is 3.13. The Morgan fingerprint density at radius 2 is 1.92 bits per heavy atom. The average molecular weight is 427 g/mol. The maximum atomic E-state index is 4.67. The van der Waals surface area contributed by atoms with Crippen LogP contribution in [0.25, 0.3) is 16.9 Å². The van der Waals surface area contributed by atoms with Gasteiger partial charge in [-0.2, -0.15) is 0 Å². The van der Waals surface area contributed by atoms with Gasteiger partial charge in [0.25, 0.3) is 0 Å². The molecule has 0 bridgehead atoms. The van der Waals surface area contributed by atoms with Crippen LogP contribution in [-0.4, -0.2) is 19.6 Å². The molecule has 0 fully saturated rings. The van der Waals surface area contributed by atoms with E-state index in [9.17, 15) is 0 Å². The number of rotatable bonds is 4. The Labute approximate surface area is 152 Å². The van der Waals surface area contributed by atoms with Gasteiger partial charge in [-0.3, -0.25) is 4.98 Å². The molecule has 0 aliphatic carbocycles. The van der Waals surface area contributed by atoms with Crippen molar-refractivity contribution in [1.29, 1.82) is 0 Å². The molecule has 24 heavy (non-hydrogen) atoms.